The first-order chi connectivity index (χ1) is 14.3. The largest absolute Gasteiger partial charge is 0.496 e. The van der Waals surface area contributed by atoms with E-state index in [4.69, 9.17) is 4.74 Å². The second kappa shape index (κ2) is 6.44. The molecule has 0 saturated carbocycles. The third-order valence-corrected chi connectivity index (χ3v) is 8.24. The van der Waals surface area contributed by atoms with Gasteiger partial charge in [0.25, 0.3) is 5.91 Å². The van der Waals surface area contributed by atoms with Gasteiger partial charge in [-0.15, -0.1) is 0 Å². The van der Waals surface area contributed by atoms with Crippen LogP contribution in [-0.4, -0.2) is 36.7 Å². The number of rotatable bonds is 2. The standard InChI is InChI=1S/C26H30N2O2/c1-16-12-20-19(14-22(16)30-5)15-23-25(2,3)26(20,4)9-11-28(23)24(29)18-6-7-21-17(13-18)8-10-27-21/h6-7,10,12-14,23H,8-9,11,15H2,1-5H3/t23-,26+/m0/s1. The van der Waals surface area contributed by atoms with Crippen molar-refractivity contribution in [2.45, 2.75) is 58.4 Å². The Bertz CT molecular complexity index is 1080. The molecule has 2 aromatic carbocycles. The lowest BCUT2D eigenvalue weighted by atomic mass is 9.51. The molecule has 2 bridgehead atoms. The van der Waals surface area contributed by atoms with Crippen molar-refractivity contribution >= 4 is 17.8 Å². The van der Waals surface area contributed by atoms with E-state index in [1.807, 2.05) is 24.4 Å². The number of aliphatic imine (C=N–C) groups is 1. The Morgan fingerprint density at radius 2 is 1.97 bits per heavy atom. The zero-order valence-corrected chi connectivity index (χ0v) is 18.6. The number of carbonyl (C=O) groups is 1. The lowest BCUT2D eigenvalue weighted by Gasteiger charge is -2.61. The molecule has 0 aromatic heterocycles. The molecule has 1 saturated heterocycles. The monoisotopic (exact) mass is 402 g/mol. The molecule has 2 heterocycles. The third kappa shape index (κ3) is 2.52. The van der Waals surface area contributed by atoms with Crippen molar-refractivity contribution in [2.75, 3.05) is 13.7 Å². The van der Waals surface area contributed by atoms with E-state index < -0.39 is 0 Å². The summed E-state index contributed by atoms with van der Waals surface area (Å²) in [5.41, 5.74) is 6.88. The molecule has 0 unspecified atom stereocenters. The highest BCUT2D eigenvalue weighted by atomic mass is 16.5. The summed E-state index contributed by atoms with van der Waals surface area (Å²) in [5.74, 6) is 1.08. The van der Waals surface area contributed by atoms with Crippen LogP contribution in [0.2, 0.25) is 0 Å². The highest BCUT2D eigenvalue weighted by Gasteiger charge is 2.57. The van der Waals surface area contributed by atoms with Crippen LogP contribution in [0.1, 0.15) is 59.8 Å². The van der Waals surface area contributed by atoms with Crippen LogP contribution in [0, 0.1) is 12.3 Å². The van der Waals surface area contributed by atoms with E-state index in [2.05, 4.69) is 49.7 Å². The van der Waals surface area contributed by atoms with Crippen molar-refractivity contribution in [1.82, 2.24) is 4.90 Å². The molecule has 1 fully saturated rings. The van der Waals surface area contributed by atoms with Crippen LogP contribution in [0.5, 0.6) is 5.75 Å². The van der Waals surface area contributed by atoms with Gasteiger partial charge >= 0.3 is 0 Å². The first-order valence-corrected chi connectivity index (χ1v) is 10.9. The summed E-state index contributed by atoms with van der Waals surface area (Å²) in [5, 5.41) is 0. The summed E-state index contributed by atoms with van der Waals surface area (Å²) < 4.78 is 5.61. The Hall–Kier alpha value is -2.62. The summed E-state index contributed by atoms with van der Waals surface area (Å²) in [6.45, 7) is 9.99. The molecule has 2 aromatic rings. The highest BCUT2D eigenvalue weighted by Crippen LogP contribution is 2.56. The Balaban J connectivity index is 1.55. The first-order valence-electron chi connectivity index (χ1n) is 10.9. The van der Waals surface area contributed by atoms with Crippen LogP contribution < -0.4 is 4.74 Å². The van der Waals surface area contributed by atoms with Gasteiger partial charge in [-0.1, -0.05) is 26.8 Å². The van der Waals surface area contributed by atoms with Crippen molar-refractivity contribution in [3.63, 3.8) is 0 Å². The van der Waals surface area contributed by atoms with Gasteiger partial charge in [0.2, 0.25) is 0 Å². The van der Waals surface area contributed by atoms with Crippen LogP contribution in [0.15, 0.2) is 35.3 Å². The van der Waals surface area contributed by atoms with Crippen LogP contribution >= 0.6 is 0 Å². The van der Waals surface area contributed by atoms with Gasteiger partial charge in [0, 0.05) is 36.2 Å². The number of piperidine rings is 1. The van der Waals surface area contributed by atoms with Gasteiger partial charge in [0.15, 0.2) is 0 Å². The van der Waals surface area contributed by atoms with Crippen LogP contribution in [-0.2, 0) is 18.3 Å². The fourth-order valence-electron chi connectivity index (χ4n) is 5.93. The number of methoxy groups -OCH3 is 1. The van der Waals surface area contributed by atoms with E-state index in [-0.39, 0.29) is 22.8 Å². The van der Waals surface area contributed by atoms with E-state index in [0.29, 0.717) is 0 Å². The minimum Gasteiger partial charge on any atom is -0.496 e. The average Bonchev–Trinajstić information content (AvgIpc) is 3.18. The second-order valence-corrected chi connectivity index (χ2v) is 9.86. The molecule has 4 nitrogen and oxygen atoms in total. The maximum absolute atomic E-state index is 13.6. The van der Waals surface area contributed by atoms with Crippen LogP contribution in [0.25, 0.3) is 0 Å². The predicted octanol–water partition coefficient (Wildman–Crippen LogP) is 5.02. The second-order valence-electron chi connectivity index (χ2n) is 9.86. The van der Waals surface area contributed by atoms with Crippen molar-refractivity contribution in [3.8, 4) is 5.75 Å². The highest BCUT2D eigenvalue weighted by molar-refractivity contribution is 5.96. The molecule has 1 aliphatic carbocycles. The number of ether oxygens (including phenoxy) is 1. The minimum absolute atomic E-state index is 0.0191. The van der Waals surface area contributed by atoms with Crippen molar-refractivity contribution < 1.29 is 9.53 Å². The van der Waals surface area contributed by atoms with Gasteiger partial charge in [-0.3, -0.25) is 9.79 Å². The number of amides is 1. The van der Waals surface area contributed by atoms with Crippen molar-refractivity contribution in [2.24, 2.45) is 10.4 Å². The molecule has 0 radical (unpaired) electrons. The lowest BCUT2D eigenvalue weighted by molar-refractivity contribution is -0.0262. The fraction of sp³-hybridized carbons (Fsp3) is 0.462. The topological polar surface area (TPSA) is 41.9 Å². The van der Waals surface area contributed by atoms with Crippen LogP contribution in [0.4, 0.5) is 5.69 Å². The molecule has 2 atom stereocenters. The predicted molar refractivity (Wildman–Crippen MR) is 120 cm³/mol. The number of aryl methyl sites for hydroxylation is 1. The van der Waals surface area contributed by atoms with Crippen molar-refractivity contribution in [3.05, 3.63) is 58.1 Å². The summed E-state index contributed by atoms with van der Waals surface area (Å²) in [6, 6.07) is 10.6. The van der Waals surface area contributed by atoms with E-state index in [9.17, 15) is 4.79 Å². The summed E-state index contributed by atoms with van der Waals surface area (Å²) in [6.07, 6.45) is 4.57. The average molecular weight is 403 g/mol. The molecule has 156 valence electrons. The number of hydrogen-bond acceptors (Lipinski definition) is 3. The van der Waals surface area contributed by atoms with Gasteiger partial charge in [-0.2, -0.15) is 0 Å². The molecule has 30 heavy (non-hydrogen) atoms. The van der Waals surface area contributed by atoms with Crippen molar-refractivity contribution in [1.29, 1.82) is 0 Å². The quantitative estimate of drug-likeness (QED) is 0.708. The molecule has 2 aliphatic heterocycles. The summed E-state index contributed by atoms with van der Waals surface area (Å²) in [7, 11) is 1.73. The van der Waals surface area contributed by atoms with Gasteiger partial charge in [-0.25, -0.2) is 0 Å². The zero-order valence-electron chi connectivity index (χ0n) is 18.6. The maximum atomic E-state index is 13.6. The number of hydrogen-bond donors (Lipinski definition) is 0. The molecule has 0 N–H and O–H groups in total. The first kappa shape index (κ1) is 19.3. The van der Waals surface area contributed by atoms with Gasteiger partial charge < -0.3 is 9.64 Å². The Kier molecular flexibility index (Phi) is 4.15. The molecule has 0 spiro atoms. The molecule has 1 amide bonds. The smallest absolute Gasteiger partial charge is 0.254 e. The van der Waals surface area contributed by atoms with Crippen LogP contribution in [0.3, 0.4) is 0 Å². The lowest BCUT2D eigenvalue weighted by Crippen LogP contribution is -2.64. The summed E-state index contributed by atoms with van der Waals surface area (Å²) in [4.78, 5) is 20.2. The van der Waals surface area contributed by atoms with Gasteiger partial charge in [-0.05, 0) is 71.7 Å². The van der Waals surface area contributed by atoms with E-state index in [1.165, 1.54) is 16.7 Å². The van der Waals surface area contributed by atoms with E-state index >= 15 is 0 Å². The summed E-state index contributed by atoms with van der Waals surface area (Å²) >= 11 is 0. The molecular formula is C26H30N2O2. The Morgan fingerprint density at radius 1 is 1.17 bits per heavy atom. The minimum atomic E-state index is -0.0191. The number of benzene rings is 2. The maximum Gasteiger partial charge on any atom is 0.254 e. The normalized spacial score (nSPS) is 25.6. The fourth-order valence-corrected chi connectivity index (χ4v) is 5.93. The molecular weight excluding hydrogens is 372 g/mol. The third-order valence-electron chi connectivity index (χ3n) is 8.24. The van der Waals surface area contributed by atoms with E-state index in [1.54, 1.807) is 7.11 Å². The van der Waals surface area contributed by atoms with Gasteiger partial charge in [0.05, 0.1) is 12.8 Å². The Morgan fingerprint density at radius 3 is 2.73 bits per heavy atom. The molecule has 4 heteroatoms. The zero-order chi connectivity index (χ0) is 21.3. The number of nitrogens with zero attached hydrogens (tertiary/aromatic N) is 2. The van der Waals surface area contributed by atoms with Gasteiger partial charge in [0.1, 0.15) is 5.75 Å². The molecule has 3 aliphatic rings. The number of carbonyl (C=O) groups excluding carboxylic acids is 1. The SMILES string of the molecule is COc1cc2c(cc1C)[C@@]1(C)CCN(C(=O)c3ccc4c(c3)CC=N4)[C@@H](C2)C1(C)C. The van der Waals surface area contributed by atoms with E-state index in [0.717, 1.165) is 48.4 Å². The number of fused-ring (bicyclic) bond motifs is 5. The Labute approximate surface area is 179 Å². The number of likely N-dealkylation sites (tertiary alicyclic amines) is 1. The molecule has 5 rings (SSSR count).